The fourth-order valence-electron chi connectivity index (χ4n) is 2.12. The first-order chi connectivity index (χ1) is 10.6. The van der Waals surface area contributed by atoms with E-state index < -0.39 is 0 Å². The van der Waals surface area contributed by atoms with Gasteiger partial charge in [-0.05, 0) is 31.8 Å². The minimum Gasteiger partial charge on any atom is -0.497 e. The van der Waals surface area contributed by atoms with Crippen LogP contribution in [-0.2, 0) is 0 Å². The molecule has 1 N–H and O–H groups in total. The van der Waals surface area contributed by atoms with Crippen LogP contribution in [0.1, 0.15) is 22.1 Å². The van der Waals surface area contributed by atoms with Gasteiger partial charge in [0.25, 0.3) is 5.91 Å². The van der Waals surface area contributed by atoms with Crippen molar-refractivity contribution in [1.29, 1.82) is 0 Å². The molecule has 6 nitrogen and oxygen atoms in total. The molecular weight excluding hydrogens is 280 g/mol. The Kier molecular flexibility index (Phi) is 5.43. The van der Waals surface area contributed by atoms with Crippen LogP contribution in [0.25, 0.3) is 0 Å². The molecule has 0 aliphatic carbocycles. The van der Waals surface area contributed by atoms with E-state index in [1.54, 1.807) is 7.11 Å². The number of hydrogen-bond acceptors (Lipinski definition) is 5. The first-order valence-electron chi connectivity index (χ1n) is 6.96. The van der Waals surface area contributed by atoms with Gasteiger partial charge in [-0.2, -0.15) is 0 Å². The van der Waals surface area contributed by atoms with Gasteiger partial charge in [0.2, 0.25) is 0 Å². The lowest BCUT2D eigenvalue weighted by atomic mass is 10.1. The molecule has 0 fully saturated rings. The third-order valence-corrected chi connectivity index (χ3v) is 3.38. The number of hydrogen-bond donors (Lipinski definition) is 1. The van der Waals surface area contributed by atoms with E-state index in [1.807, 2.05) is 38.4 Å². The van der Waals surface area contributed by atoms with Gasteiger partial charge in [0, 0.05) is 18.9 Å². The van der Waals surface area contributed by atoms with Crippen molar-refractivity contribution in [3.05, 3.63) is 54.1 Å². The van der Waals surface area contributed by atoms with E-state index >= 15 is 0 Å². The highest BCUT2D eigenvalue weighted by Crippen LogP contribution is 2.20. The number of aromatic nitrogens is 2. The van der Waals surface area contributed by atoms with E-state index in [4.69, 9.17) is 4.74 Å². The monoisotopic (exact) mass is 300 g/mol. The Balaban J connectivity index is 2.04. The summed E-state index contributed by atoms with van der Waals surface area (Å²) in [6.07, 6.45) is 4.49. The molecule has 22 heavy (non-hydrogen) atoms. The Bertz CT molecular complexity index is 599. The molecular formula is C16H20N4O2. The highest BCUT2D eigenvalue weighted by atomic mass is 16.5. The van der Waals surface area contributed by atoms with Gasteiger partial charge in [-0.3, -0.25) is 9.78 Å². The van der Waals surface area contributed by atoms with E-state index in [-0.39, 0.29) is 11.9 Å². The normalized spacial score (nSPS) is 12.0. The number of rotatable bonds is 6. The molecule has 0 radical (unpaired) electrons. The lowest BCUT2D eigenvalue weighted by Crippen LogP contribution is -2.34. The van der Waals surface area contributed by atoms with Crippen molar-refractivity contribution in [3.63, 3.8) is 0 Å². The van der Waals surface area contributed by atoms with Crippen LogP contribution in [-0.4, -0.2) is 48.5 Å². The molecule has 0 aliphatic rings. The highest BCUT2D eigenvalue weighted by molar-refractivity contribution is 5.91. The zero-order valence-electron chi connectivity index (χ0n) is 13.0. The molecule has 0 spiro atoms. The molecule has 116 valence electrons. The SMILES string of the molecule is COc1ccc(C(CNC(=O)c2cnccn2)N(C)C)cc1. The van der Waals surface area contributed by atoms with Gasteiger partial charge >= 0.3 is 0 Å². The number of amides is 1. The highest BCUT2D eigenvalue weighted by Gasteiger charge is 2.16. The van der Waals surface area contributed by atoms with Gasteiger partial charge in [0.15, 0.2) is 0 Å². The van der Waals surface area contributed by atoms with Gasteiger partial charge in [0.05, 0.1) is 19.3 Å². The summed E-state index contributed by atoms with van der Waals surface area (Å²) >= 11 is 0. The Morgan fingerprint density at radius 3 is 2.55 bits per heavy atom. The molecule has 1 amide bonds. The molecule has 6 heteroatoms. The van der Waals surface area contributed by atoms with Crippen molar-refractivity contribution < 1.29 is 9.53 Å². The van der Waals surface area contributed by atoms with Crippen LogP contribution >= 0.6 is 0 Å². The van der Waals surface area contributed by atoms with Gasteiger partial charge in [-0.15, -0.1) is 0 Å². The molecule has 2 rings (SSSR count). The molecule has 1 atom stereocenters. The lowest BCUT2D eigenvalue weighted by Gasteiger charge is -2.25. The zero-order valence-corrected chi connectivity index (χ0v) is 13.0. The summed E-state index contributed by atoms with van der Waals surface area (Å²) in [6, 6.07) is 7.88. The fraction of sp³-hybridized carbons (Fsp3) is 0.312. The Morgan fingerprint density at radius 2 is 2.00 bits per heavy atom. The van der Waals surface area contributed by atoms with Crippen molar-refractivity contribution in [1.82, 2.24) is 20.2 Å². The second kappa shape index (κ2) is 7.51. The van der Waals surface area contributed by atoms with Crippen LogP contribution in [0.5, 0.6) is 5.75 Å². The largest absolute Gasteiger partial charge is 0.497 e. The molecule has 1 aromatic carbocycles. The summed E-state index contributed by atoms with van der Waals surface area (Å²) in [5.41, 5.74) is 1.42. The summed E-state index contributed by atoms with van der Waals surface area (Å²) in [4.78, 5) is 22.0. The van der Waals surface area contributed by atoms with E-state index in [9.17, 15) is 4.79 Å². The standard InChI is InChI=1S/C16H20N4O2/c1-20(2)15(12-4-6-13(22-3)7-5-12)11-19-16(21)14-10-17-8-9-18-14/h4-10,15H,11H2,1-3H3,(H,19,21). The number of benzene rings is 1. The van der Waals surface area contributed by atoms with E-state index in [2.05, 4.69) is 20.2 Å². The van der Waals surface area contributed by atoms with Gasteiger partial charge in [-0.1, -0.05) is 12.1 Å². The molecule has 1 heterocycles. The van der Waals surface area contributed by atoms with Crippen LogP contribution in [0.2, 0.25) is 0 Å². The molecule has 1 aromatic heterocycles. The maximum absolute atomic E-state index is 12.1. The summed E-state index contributed by atoms with van der Waals surface area (Å²) in [7, 11) is 5.59. The molecule has 1 unspecified atom stereocenters. The summed E-state index contributed by atoms with van der Waals surface area (Å²) in [6.45, 7) is 0.481. The number of likely N-dealkylation sites (N-methyl/N-ethyl adjacent to an activating group) is 1. The zero-order chi connectivity index (χ0) is 15.9. The number of methoxy groups -OCH3 is 1. The summed E-state index contributed by atoms with van der Waals surface area (Å²) in [5, 5.41) is 2.89. The average molecular weight is 300 g/mol. The molecule has 0 saturated carbocycles. The van der Waals surface area contributed by atoms with Crippen LogP contribution in [0, 0.1) is 0 Å². The van der Waals surface area contributed by atoms with Crippen LogP contribution in [0.4, 0.5) is 0 Å². The molecule has 2 aromatic rings. The summed E-state index contributed by atoms with van der Waals surface area (Å²) < 4.78 is 5.17. The smallest absolute Gasteiger partial charge is 0.271 e. The third-order valence-electron chi connectivity index (χ3n) is 3.38. The first kappa shape index (κ1) is 15.9. The van der Waals surface area contributed by atoms with Crippen molar-refractivity contribution >= 4 is 5.91 Å². The Hall–Kier alpha value is -2.47. The maximum Gasteiger partial charge on any atom is 0.271 e. The van der Waals surface area contributed by atoms with Crippen LogP contribution in [0.3, 0.4) is 0 Å². The van der Waals surface area contributed by atoms with E-state index in [0.717, 1.165) is 11.3 Å². The number of ether oxygens (including phenoxy) is 1. The van der Waals surface area contributed by atoms with Crippen molar-refractivity contribution in [3.8, 4) is 5.75 Å². The average Bonchev–Trinajstić information content (AvgIpc) is 2.56. The van der Waals surface area contributed by atoms with E-state index in [1.165, 1.54) is 18.6 Å². The van der Waals surface area contributed by atoms with E-state index in [0.29, 0.717) is 12.2 Å². The lowest BCUT2D eigenvalue weighted by molar-refractivity contribution is 0.0936. The predicted molar refractivity (Wildman–Crippen MR) is 83.8 cm³/mol. The number of nitrogens with zero attached hydrogens (tertiary/aromatic N) is 3. The molecule has 0 aliphatic heterocycles. The molecule has 0 bridgehead atoms. The van der Waals surface area contributed by atoms with Gasteiger partial charge in [0.1, 0.15) is 11.4 Å². The fourth-order valence-corrected chi connectivity index (χ4v) is 2.12. The number of carbonyl (C=O) groups is 1. The van der Waals surface area contributed by atoms with Crippen molar-refractivity contribution in [2.45, 2.75) is 6.04 Å². The minimum absolute atomic E-state index is 0.0616. The summed E-state index contributed by atoms with van der Waals surface area (Å²) in [5.74, 6) is 0.582. The predicted octanol–water partition coefficient (Wildman–Crippen LogP) is 1.52. The second-order valence-electron chi connectivity index (χ2n) is 5.05. The van der Waals surface area contributed by atoms with Crippen molar-refractivity contribution in [2.24, 2.45) is 0 Å². The quantitative estimate of drug-likeness (QED) is 0.876. The number of nitrogens with one attached hydrogen (secondary N) is 1. The van der Waals surface area contributed by atoms with Crippen LogP contribution in [0.15, 0.2) is 42.9 Å². The van der Waals surface area contributed by atoms with Crippen molar-refractivity contribution in [2.75, 3.05) is 27.7 Å². The first-order valence-corrected chi connectivity index (χ1v) is 6.96. The number of carbonyl (C=O) groups excluding carboxylic acids is 1. The second-order valence-corrected chi connectivity index (χ2v) is 5.05. The minimum atomic E-state index is -0.228. The Morgan fingerprint density at radius 1 is 1.27 bits per heavy atom. The van der Waals surface area contributed by atoms with Crippen LogP contribution < -0.4 is 10.1 Å². The van der Waals surface area contributed by atoms with Gasteiger partial charge in [-0.25, -0.2) is 4.98 Å². The topological polar surface area (TPSA) is 67.3 Å². The third kappa shape index (κ3) is 4.02. The Labute approximate surface area is 130 Å². The van der Waals surface area contributed by atoms with Gasteiger partial charge < -0.3 is 15.0 Å². The maximum atomic E-state index is 12.1. The molecule has 0 saturated heterocycles.